The van der Waals surface area contributed by atoms with E-state index in [0.29, 0.717) is 6.42 Å². The molecule has 1 heterocycles. The van der Waals surface area contributed by atoms with Gasteiger partial charge in [-0.15, -0.1) is 0 Å². The number of rotatable bonds is 5. The zero-order valence-corrected chi connectivity index (χ0v) is 17.7. The standard InChI is InChI=1S/C24H29NO5/c1-24(2,3)30-23(28)25-15-17(16-26)14-20(25)22(27)29-21(18-10-6-4-7-11-18)19-12-8-5-9-13-19/h4-13,17,20-21,26H,14-16H2,1-3H3/t17-,20-/m0/s1. The first-order chi connectivity index (χ1) is 14.3. The van der Waals surface area contributed by atoms with E-state index < -0.39 is 29.8 Å². The summed E-state index contributed by atoms with van der Waals surface area (Å²) in [5.74, 6) is -0.698. The summed E-state index contributed by atoms with van der Waals surface area (Å²) in [5.41, 5.74) is 1.01. The van der Waals surface area contributed by atoms with Crippen molar-refractivity contribution < 1.29 is 24.2 Å². The molecule has 2 atom stereocenters. The number of benzene rings is 2. The molecule has 1 saturated heterocycles. The van der Waals surface area contributed by atoms with Gasteiger partial charge in [0.2, 0.25) is 0 Å². The van der Waals surface area contributed by atoms with E-state index >= 15 is 0 Å². The lowest BCUT2D eigenvalue weighted by Gasteiger charge is -2.29. The van der Waals surface area contributed by atoms with Crippen LogP contribution in [0.5, 0.6) is 0 Å². The van der Waals surface area contributed by atoms with Gasteiger partial charge in [0.25, 0.3) is 0 Å². The molecule has 2 aromatic rings. The number of amides is 1. The van der Waals surface area contributed by atoms with Crippen molar-refractivity contribution in [2.45, 2.75) is 44.9 Å². The molecule has 160 valence electrons. The van der Waals surface area contributed by atoms with E-state index in [1.54, 1.807) is 20.8 Å². The van der Waals surface area contributed by atoms with Crippen molar-refractivity contribution in [2.75, 3.05) is 13.2 Å². The molecule has 3 rings (SSSR count). The Balaban J connectivity index is 1.83. The SMILES string of the molecule is CC(C)(C)OC(=O)N1C[C@@H](CO)C[C@H]1C(=O)OC(c1ccccc1)c1ccccc1. The summed E-state index contributed by atoms with van der Waals surface area (Å²) in [5, 5.41) is 9.60. The largest absolute Gasteiger partial charge is 0.451 e. The number of esters is 1. The topological polar surface area (TPSA) is 76.1 Å². The third-order valence-corrected chi connectivity index (χ3v) is 4.98. The van der Waals surface area contributed by atoms with Gasteiger partial charge >= 0.3 is 12.1 Å². The molecule has 0 spiro atoms. The van der Waals surface area contributed by atoms with Gasteiger partial charge in [0.05, 0.1) is 0 Å². The summed E-state index contributed by atoms with van der Waals surface area (Å²) in [6.45, 7) is 5.48. The van der Waals surface area contributed by atoms with Crippen molar-refractivity contribution in [1.82, 2.24) is 4.90 Å². The van der Waals surface area contributed by atoms with Crippen LogP contribution in [-0.2, 0) is 14.3 Å². The lowest BCUT2D eigenvalue weighted by molar-refractivity contribution is -0.152. The Bertz CT molecular complexity index is 807. The lowest BCUT2D eigenvalue weighted by atomic mass is 10.0. The molecule has 30 heavy (non-hydrogen) atoms. The van der Waals surface area contributed by atoms with Gasteiger partial charge in [0.15, 0.2) is 6.10 Å². The first-order valence-corrected chi connectivity index (χ1v) is 10.2. The van der Waals surface area contributed by atoms with Crippen LogP contribution in [-0.4, -0.2) is 46.9 Å². The molecule has 1 fully saturated rings. The van der Waals surface area contributed by atoms with Crippen molar-refractivity contribution in [3.63, 3.8) is 0 Å². The van der Waals surface area contributed by atoms with Crippen LogP contribution in [0.1, 0.15) is 44.4 Å². The van der Waals surface area contributed by atoms with Gasteiger partial charge in [-0.2, -0.15) is 0 Å². The molecule has 0 unspecified atom stereocenters. The van der Waals surface area contributed by atoms with E-state index in [2.05, 4.69) is 0 Å². The smallest absolute Gasteiger partial charge is 0.411 e. The summed E-state index contributed by atoms with van der Waals surface area (Å²) < 4.78 is 11.4. The Morgan fingerprint density at radius 3 is 2.03 bits per heavy atom. The van der Waals surface area contributed by atoms with E-state index in [4.69, 9.17) is 9.47 Å². The van der Waals surface area contributed by atoms with Gasteiger partial charge in [-0.25, -0.2) is 9.59 Å². The van der Waals surface area contributed by atoms with E-state index in [9.17, 15) is 14.7 Å². The van der Waals surface area contributed by atoms with Crippen LogP contribution in [0.3, 0.4) is 0 Å². The molecule has 1 N–H and O–H groups in total. The summed E-state index contributed by atoms with van der Waals surface area (Å²) in [7, 11) is 0. The Morgan fingerprint density at radius 2 is 1.57 bits per heavy atom. The summed E-state index contributed by atoms with van der Waals surface area (Å²) in [6, 6.07) is 18.2. The minimum atomic E-state index is -0.799. The monoisotopic (exact) mass is 411 g/mol. The van der Waals surface area contributed by atoms with Crippen molar-refractivity contribution in [3.05, 3.63) is 71.8 Å². The second-order valence-electron chi connectivity index (χ2n) is 8.57. The number of aliphatic hydroxyl groups is 1. The summed E-state index contributed by atoms with van der Waals surface area (Å²) >= 11 is 0. The van der Waals surface area contributed by atoms with Crippen LogP contribution >= 0.6 is 0 Å². The highest BCUT2D eigenvalue weighted by molar-refractivity contribution is 5.82. The molecule has 0 radical (unpaired) electrons. The first-order valence-electron chi connectivity index (χ1n) is 10.2. The van der Waals surface area contributed by atoms with E-state index in [0.717, 1.165) is 11.1 Å². The third-order valence-electron chi connectivity index (χ3n) is 4.98. The van der Waals surface area contributed by atoms with Gasteiger partial charge in [0, 0.05) is 19.1 Å². The molecular weight excluding hydrogens is 382 g/mol. The maximum absolute atomic E-state index is 13.2. The number of ether oxygens (including phenoxy) is 2. The number of likely N-dealkylation sites (tertiary alicyclic amines) is 1. The predicted molar refractivity (Wildman–Crippen MR) is 113 cm³/mol. The molecule has 1 aliphatic rings. The Morgan fingerprint density at radius 1 is 1.03 bits per heavy atom. The maximum atomic E-state index is 13.2. The second-order valence-corrected chi connectivity index (χ2v) is 8.57. The number of carbonyl (C=O) groups is 2. The number of aliphatic hydroxyl groups excluding tert-OH is 1. The molecule has 0 bridgehead atoms. The predicted octanol–water partition coefficient (Wildman–Crippen LogP) is 3.94. The molecule has 0 aromatic heterocycles. The van der Waals surface area contributed by atoms with Crippen molar-refractivity contribution >= 4 is 12.1 Å². The molecular formula is C24H29NO5. The van der Waals surface area contributed by atoms with Crippen LogP contribution in [0.2, 0.25) is 0 Å². The highest BCUT2D eigenvalue weighted by atomic mass is 16.6. The number of hydrogen-bond acceptors (Lipinski definition) is 5. The fraction of sp³-hybridized carbons (Fsp3) is 0.417. The normalized spacial score (nSPS) is 19.0. The first kappa shape index (κ1) is 21.8. The Hall–Kier alpha value is -2.86. The number of hydrogen-bond donors (Lipinski definition) is 1. The third kappa shape index (κ3) is 5.39. The average Bonchev–Trinajstić information content (AvgIpc) is 3.17. The van der Waals surface area contributed by atoms with Gasteiger partial charge in [-0.05, 0) is 38.3 Å². The average molecular weight is 411 g/mol. The quantitative estimate of drug-likeness (QED) is 0.755. The van der Waals surface area contributed by atoms with Gasteiger partial charge in [-0.3, -0.25) is 4.90 Å². The molecule has 1 aliphatic heterocycles. The van der Waals surface area contributed by atoms with Crippen LogP contribution in [0, 0.1) is 5.92 Å². The van der Waals surface area contributed by atoms with E-state index in [1.807, 2.05) is 60.7 Å². The second kappa shape index (κ2) is 9.30. The molecule has 1 amide bonds. The van der Waals surface area contributed by atoms with Crippen molar-refractivity contribution in [3.8, 4) is 0 Å². The van der Waals surface area contributed by atoms with Crippen molar-refractivity contribution in [1.29, 1.82) is 0 Å². The van der Waals surface area contributed by atoms with Crippen LogP contribution in [0.15, 0.2) is 60.7 Å². The van der Waals surface area contributed by atoms with Crippen LogP contribution < -0.4 is 0 Å². The Labute approximate surface area is 177 Å². The Kier molecular flexibility index (Phi) is 6.77. The highest BCUT2D eigenvalue weighted by Crippen LogP contribution is 2.31. The van der Waals surface area contributed by atoms with E-state index in [1.165, 1.54) is 4.90 Å². The van der Waals surface area contributed by atoms with Crippen LogP contribution in [0.4, 0.5) is 4.79 Å². The van der Waals surface area contributed by atoms with Crippen molar-refractivity contribution in [2.24, 2.45) is 5.92 Å². The minimum absolute atomic E-state index is 0.107. The summed E-state index contributed by atoms with van der Waals surface area (Å²) in [4.78, 5) is 27.2. The van der Waals surface area contributed by atoms with Gasteiger partial charge in [0.1, 0.15) is 11.6 Å². The van der Waals surface area contributed by atoms with Gasteiger partial charge < -0.3 is 14.6 Å². The lowest BCUT2D eigenvalue weighted by Crippen LogP contribution is -2.44. The maximum Gasteiger partial charge on any atom is 0.411 e. The summed E-state index contributed by atoms with van der Waals surface area (Å²) in [6.07, 6.45) is -0.824. The zero-order valence-electron chi connectivity index (χ0n) is 17.7. The minimum Gasteiger partial charge on any atom is -0.451 e. The van der Waals surface area contributed by atoms with E-state index in [-0.39, 0.29) is 19.1 Å². The molecule has 0 aliphatic carbocycles. The molecule has 6 nitrogen and oxygen atoms in total. The highest BCUT2D eigenvalue weighted by Gasteiger charge is 2.43. The molecule has 0 saturated carbocycles. The molecule has 2 aromatic carbocycles. The number of nitrogens with zero attached hydrogens (tertiary/aromatic N) is 1. The fourth-order valence-electron chi connectivity index (χ4n) is 3.58. The van der Waals surface area contributed by atoms with Gasteiger partial charge in [-0.1, -0.05) is 60.7 Å². The number of carbonyl (C=O) groups excluding carboxylic acids is 2. The molecule has 6 heteroatoms. The zero-order chi connectivity index (χ0) is 21.7. The fourth-order valence-corrected chi connectivity index (χ4v) is 3.58. The van der Waals surface area contributed by atoms with Crippen LogP contribution in [0.25, 0.3) is 0 Å².